The van der Waals surface area contributed by atoms with E-state index in [0.29, 0.717) is 35.5 Å². The number of nitrogens with zero attached hydrogens (tertiary/aromatic N) is 5. The average molecular weight is 427 g/mol. The second-order valence-corrected chi connectivity index (χ2v) is 8.24. The van der Waals surface area contributed by atoms with Crippen molar-refractivity contribution in [3.05, 3.63) is 58.4 Å². The van der Waals surface area contributed by atoms with Gasteiger partial charge in [0.25, 0.3) is 6.43 Å². The van der Waals surface area contributed by atoms with E-state index in [0.717, 1.165) is 19.6 Å². The summed E-state index contributed by atoms with van der Waals surface area (Å²) in [5.74, 6) is -0.0680. The first kappa shape index (κ1) is 21.4. The molecule has 1 aliphatic heterocycles. The molecule has 4 rings (SSSR count). The summed E-state index contributed by atoms with van der Waals surface area (Å²) in [5, 5.41) is 4.69. The molecule has 164 valence electrons. The van der Waals surface area contributed by atoms with Crippen molar-refractivity contribution in [2.45, 2.75) is 40.3 Å². The Labute approximate surface area is 180 Å². The van der Waals surface area contributed by atoms with Gasteiger partial charge >= 0.3 is 0 Å². The van der Waals surface area contributed by atoms with E-state index in [2.05, 4.69) is 46.2 Å². The highest BCUT2D eigenvalue weighted by Crippen LogP contribution is 2.30. The number of fused-ring (bicyclic) bond motifs is 1. The highest BCUT2D eigenvalue weighted by Gasteiger charge is 2.24. The highest BCUT2D eigenvalue weighted by molar-refractivity contribution is 5.84. The van der Waals surface area contributed by atoms with E-state index in [1.807, 2.05) is 4.90 Å². The second-order valence-electron chi connectivity index (χ2n) is 8.24. The number of aromatic nitrogens is 3. The zero-order chi connectivity index (χ0) is 22.1. The van der Waals surface area contributed by atoms with Gasteiger partial charge in [-0.25, -0.2) is 18.4 Å². The molecule has 0 saturated carbocycles. The second kappa shape index (κ2) is 8.70. The molecule has 8 heteroatoms. The lowest BCUT2D eigenvalue weighted by molar-refractivity contribution is -0.133. The van der Waals surface area contributed by atoms with Gasteiger partial charge in [-0.3, -0.25) is 9.69 Å². The van der Waals surface area contributed by atoms with Gasteiger partial charge in [0.05, 0.1) is 11.1 Å². The number of amides is 1. The maximum absolute atomic E-state index is 13.5. The molecule has 0 atom stereocenters. The normalized spacial score (nSPS) is 15.2. The van der Waals surface area contributed by atoms with Crippen LogP contribution in [0.2, 0.25) is 0 Å². The maximum Gasteiger partial charge on any atom is 0.264 e. The number of hydrogen-bond acceptors (Lipinski definition) is 4. The van der Waals surface area contributed by atoms with Crippen LogP contribution in [-0.4, -0.2) is 56.7 Å². The Kier molecular flexibility index (Phi) is 6.00. The Morgan fingerprint density at radius 1 is 1.10 bits per heavy atom. The van der Waals surface area contributed by atoms with Crippen LogP contribution in [0.1, 0.15) is 34.5 Å². The first-order chi connectivity index (χ1) is 14.8. The van der Waals surface area contributed by atoms with Crippen LogP contribution >= 0.6 is 0 Å². The van der Waals surface area contributed by atoms with E-state index < -0.39 is 6.43 Å². The molecule has 0 radical (unpaired) electrons. The van der Waals surface area contributed by atoms with Gasteiger partial charge in [0.15, 0.2) is 5.65 Å². The van der Waals surface area contributed by atoms with E-state index in [1.165, 1.54) is 21.9 Å². The van der Waals surface area contributed by atoms with Crippen molar-refractivity contribution >= 4 is 16.9 Å². The molecule has 0 spiro atoms. The number of alkyl halides is 2. The molecular weight excluding hydrogens is 400 g/mol. The summed E-state index contributed by atoms with van der Waals surface area (Å²) in [6.45, 7) is 9.17. The molecule has 1 aliphatic rings. The molecule has 0 unspecified atom stereocenters. The Hall–Kier alpha value is -2.87. The molecule has 0 aliphatic carbocycles. The molecule has 1 amide bonds. The lowest BCUT2D eigenvalue weighted by Gasteiger charge is -2.34. The fourth-order valence-corrected chi connectivity index (χ4v) is 4.25. The van der Waals surface area contributed by atoms with Gasteiger partial charge in [-0.05, 0) is 32.4 Å². The molecule has 0 N–H and O–H groups in total. The minimum atomic E-state index is -2.61. The summed E-state index contributed by atoms with van der Waals surface area (Å²) in [6.07, 6.45) is -2.61. The average Bonchev–Trinajstić information content (AvgIpc) is 3.03. The first-order valence-corrected chi connectivity index (χ1v) is 10.5. The van der Waals surface area contributed by atoms with Crippen LogP contribution < -0.4 is 0 Å². The molecule has 3 aromatic rings. The topological polar surface area (TPSA) is 54.3 Å². The van der Waals surface area contributed by atoms with Crippen LogP contribution in [0, 0.1) is 20.8 Å². The zero-order valence-corrected chi connectivity index (χ0v) is 18.1. The van der Waals surface area contributed by atoms with Gasteiger partial charge in [-0.2, -0.15) is 5.10 Å². The molecule has 1 aromatic carbocycles. The highest BCUT2D eigenvalue weighted by atomic mass is 19.3. The third kappa shape index (κ3) is 4.58. The fourth-order valence-electron chi connectivity index (χ4n) is 4.25. The number of rotatable bonds is 5. The molecule has 1 fully saturated rings. The predicted octanol–water partition coefficient (Wildman–Crippen LogP) is 3.64. The van der Waals surface area contributed by atoms with Crippen LogP contribution in [0.15, 0.2) is 30.3 Å². The zero-order valence-electron chi connectivity index (χ0n) is 18.1. The Balaban J connectivity index is 1.43. The lowest BCUT2D eigenvalue weighted by Crippen LogP contribution is -2.49. The number of benzene rings is 1. The van der Waals surface area contributed by atoms with Crippen LogP contribution in [-0.2, 0) is 17.9 Å². The van der Waals surface area contributed by atoms with E-state index >= 15 is 0 Å². The molecule has 3 heterocycles. The van der Waals surface area contributed by atoms with Gasteiger partial charge in [-0.1, -0.05) is 29.8 Å². The summed E-state index contributed by atoms with van der Waals surface area (Å²) in [4.78, 5) is 21.5. The summed E-state index contributed by atoms with van der Waals surface area (Å²) in [7, 11) is 0. The SMILES string of the molecule is Cc1cccc(CN2CCN(C(=O)Cn3nc(C)c4c(C(F)F)cc(C)nc43)CC2)c1. The number of carbonyl (C=O) groups is 1. The monoisotopic (exact) mass is 427 g/mol. The smallest absolute Gasteiger partial charge is 0.264 e. The van der Waals surface area contributed by atoms with Crippen molar-refractivity contribution in [1.29, 1.82) is 0 Å². The number of halogens is 2. The predicted molar refractivity (Wildman–Crippen MR) is 115 cm³/mol. The van der Waals surface area contributed by atoms with E-state index in [4.69, 9.17) is 0 Å². The van der Waals surface area contributed by atoms with Gasteiger partial charge < -0.3 is 4.90 Å². The number of piperazine rings is 1. The molecule has 0 bridgehead atoms. The third-order valence-electron chi connectivity index (χ3n) is 5.77. The number of carbonyl (C=O) groups excluding carboxylic acids is 1. The van der Waals surface area contributed by atoms with E-state index in [1.54, 1.807) is 13.8 Å². The number of hydrogen-bond donors (Lipinski definition) is 0. The van der Waals surface area contributed by atoms with Gasteiger partial charge in [0.2, 0.25) is 5.91 Å². The number of aryl methyl sites for hydroxylation is 3. The number of pyridine rings is 1. The Morgan fingerprint density at radius 2 is 1.84 bits per heavy atom. The van der Waals surface area contributed by atoms with Crippen LogP contribution in [0.5, 0.6) is 0 Å². The van der Waals surface area contributed by atoms with E-state index in [9.17, 15) is 13.6 Å². The summed E-state index contributed by atoms with van der Waals surface area (Å²) in [5.41, 5.74) is 3.74. The molecule has 31 heavy (non-hydrogen) atoms. The van der Waals surface area contributed by atoms with Crippen molar-refractivity contribution in [3.8, 4) is 0 Å². The van der Waals surface area contributed by atoms with Crippen molar-refractivity contribution in [2.24, 2.45) is 0 Å². The first-order valence-electron chi connectivity index (χ1n) is 10.5. The fraction of sp³-hybridized carbons (Fsp3) is 0.435. The third-order valence-corrected chi connectivity index (χ3v) is 5.77. The largest absolute Gasteiger partial charge is 0.339 e. The maximum atomic E-state index is 13.5. The van der Waals surface area contributed by atoms with Crippen molar-refractivity contribution in [3.63, 3.8) is 0 Å². The van der Waals surface area contributed by atoms with E-state index in [-0.39, 0.29) is 18.0 Å². The van der Waals surface area contributed by atoms with Crippen LogP contribution in [0.3, 0.4) is 0 Å². The molecule has 1 saturated heterocycles. The summed E-state index contributed by atoms with van der Waals surface area (Å²) < 4.78 is 28.4. The lowest BCUT2D eigenvalue weighted by atomic mass is 10.1. The molecule has 6 nitrogen and oxygen atoms in total. The van der Waals surface area contributed by atoms with Crippen molar-refractivity contribution in [2.75, 3.05) is 26.2 Å². The summed E-state index contributed by atoms with van der Waals surface area (Å²) in [6, 6.07) is 9.85. The Bertz CT molecular complexity index is 1100. The quantitative estimate of drug-likeness (QED) is 0.624. The summed E-state index contributed by atoms with van der Waals surface area (Å²) >= 11 is 0. The van der Waals surface area contributed by atoms with Crippen LogP contribution in [0.4, 0.5) is 8.78 Å². The van der Waals surface area contributed by atoms with Crippen molar-refractivity contribution in [1.82, 2.24) is 24.6 Å². The standard InChI is InChI=1S/C23H27F2N5O/c1-15-5-4-6-18(11-15)13-28-7-9-29(10-8-28)20(31)14-30-23-21(17(3)27-30)19(22(24)25)12-16(2)26-23/h4-6,11-12,22H,7-10,13-14H2,1-3H3. The van der Waals surface area contributed by atoms with Gasteiger partial charge in [0, 0.05) is 44.0 Å². The Morgan fingerprint density at radius 3 is 2.52 bits per heavy atom. The van der Waals surface area contributed by atoms with Crippen LogP contribution in [0.25, 0.3) is 11.0 Å². The van der Waals surface area contributed by atoms with Crippen molar-refractivity contribution < 1.29 is 13.6 Å². The van der Waals surface area contributed by atoms with Gasteiger partial charge in [-0.15, -0.1) is 0 Å². The molecular formula is C23H27F2N5O. The minimum Gasteiger partial charge on any atom is -0.339 e. The van der Waals surface area contributed by atoms with Gasteiger partial charge in [0.1, 0.15) is 6.54 Å². The minimum absolute atomic E-state index is 0.00134. The molecule has 2 aromatic heterocycles.